The Kier molecular flexibility index (Phi) is 3.85. The van der Waals surface area contributed by atoms with Crippen molar-refractivity contribution in [2.24, 2.45) is 5.14 Å². The van der Waals surface area contributed by atoms with Crippen molar-refractivity contribution in [3.63, 3.8) is 0 Å². The lowest BCUT2D eigenvalue weighted by Gasteiger charge is -2.25. The zero-order valence-electron chi connectivity index (χ0n) is 11.0. The maximum atomic E-state index is 11.6. The highest BCUT2D eigenvalue weighted by Gasteiger charge is 2.27. The predicted octanol–water partition coefficient (Wildman–Crippen LogP) is 1.08. The molecule has 1 heterocycles. The molecule has 2 rings (SSSR count). The van der Waals surface area contributed by atoms with Crippen molar-refractivity contribution in [1.82, 2.24) is 0 Å². The zero-order chi connectivity index (χ0) is 14.1. The fourth-order valence-electron chi connectivity index (χ4n) is 2.46. The molecular formula is C13H20N2O3S. The average molecular weight is 284 g/mol. The Labute approximate surface area is 114 Å². The van der Waals surface area contributed by atoms with Crippen LogP contribution in [0, 0.1) is 0 Å². The minimum Gasteiger partial charge on any atom is -0.390 e. The molecule has 6 heteroatoms. The molecule has 1 fully saturated rings. The highest BCUT2D eigenvalue weighted by Crippen LogP contribution is 2.29. The zero-order valence-corrected chi connectivity index (χ0v) is 11.9. The Balaban J connectivity index is 2.32. The number of nitrogens with two attached hydrogens (primary N) is 1. The smallest absolute Gasteiger partial charge is 0.240 e. The van der Waals surface area contributed by atoms with E-state index in [1.54, 1.807) is 18.2 Å². The van der Waals surface area contributed by atoms with Gasteiger partial charge in [0.15, 0.2) is 0 Å². The molecule has 0 bridgehead atoms. The van der Waals surface area contributed by atoms with Crippen LogP contribution < -0.4 is 10.0 Å². The molecule has 1 aliphatic heterocycles. The Morgan fingerprint density at radius 2 is 1.95 bits per heavy atom. The molecule has 1 aliphatic rings. The van der Waals surface area contributed by atoms with Crippen LogP contribution >= 0.6 is 0 Å². The third-order valence-electron chi connectivity index (χ3n) is 3.58. The summed E-state index contributed by atoms with van der Waals surface area (Å²) in [5.41, 5.74) is -0.0478. The van der Waals surface area contributed by atoms with Gasteiger partial charge >= 0.3 is 0 Å². The summed E-state index contributed by atoms with van der Waals surface area (Å²) in [6.45, 7) is 3.17. The van der Waals surface area contributed by atoms with E-state index in [1.807, 2.05) is 11.8 Å². The Bertz CT molecular complexity index is 555. The van der Waals surface area contributed by atoms with Gasteiger partial charge in [-0.05, 0) is 38.3 Å². The van der Waals surface area contributed by atoms with Crippen molar-refractivity contribution in [3.8, 4) is 0 Å². The number of aliphatic hydroxyl groups is 1. The lowest BCUT2D eigenvalue weighted by Crippen LogP contribution is -2.29. The lowest BCUT2D eigenvalue weighted by molar-refractivity contribution is 0.0481. The van der Waals surface area contributed by atoms with Crippen molar-refractivity contribution in [2.75, 3.05) is 18.0 Å². The number of anilines is 1. The van der Waals surface area contributed by atoms with Gasteiger partial charge in [-0.1, -0.05) is 12.1 Å². The van der Waals surface area contributed by atoms with Gasteiger partial charge in [-0.2, -0.15) is 0 Å². The quantitative estimate of drug-likeness (QED) is 0.851. The minimum atomic E-state index is -3.73. The minimum absolute atomic E-state index is 0.150. The number of hydrogen-bond acceptors (Lipinski definition) is 4. The van der Waals surface area contributed by atoms with Crippen LogP contribution in [-0.2, 0) is 10.0 Å². The van der Waals surface area contributed by atoms with Gasteiger partial charge in [-0.3, -0.25) is 0 Å². The molecule has 0 spiro atoms. The molecule has 5 nitrogen and oxygen atoms in total. The van der Waals surface area contributed by atoms with Crippen LogP contribution in [0.4, 0.5) is 5.69 Å². The first-order valence-electron chi connectivity index (χ1n) is 6.39. The summed E-state index contributed by atoms with van der Waals surface area (Å²) in [5.74, 6) is 0. The number of benzene rings is 1. The molecule has 0 aliphatic carbocycles. The van der Waals surface area contributed by atoms with Gasteiger partial charge in [0.25, 0.3) is 0 Å². The molecule has 1 aromatic carbocycles. The van der Waals surface area contributed by atoms with E-state index in [4.69, 9.17) is 5.14 Å². The number of hydrogen-bond donors (Lipinski definition) is 2. The molecule has 1 atom stereocenters. The molecule has 0 aromatic heterocycles. The van der Waals surface area contributed by atoms with Gasteiger partial charge in [0.1, 0.15) is 4.90 Å². The average Bonchev–Trinajstić information content (AvgIpc) is 2.49. The van der Waals surface area contributed by atoms with E-state index in [2.05, 4.69) is 0 Å². The van der Waals surface area contributed by atoms with Gasteiger partial charge in [0.05, 0.1) is 11.3 Å². The summed E-state index contributed by atoms with van der Waals surface area (Å²) in [6.07, 6.45) is 2.17. The fourth-order valence-corrected chi connectivity index (χ4v) is 3.22. The summed E-state index contributed by atoms with van der Waals surface area (Å²) >= 11 is 0. The molecule has 0 saturated carbocycles. The van der Waals surface area contributed by atoms with E-state index in [9.17, 15) is 13.5 Å². The van der Waals surface area contributed by atoms with Gasteiger partial charge < -0.3 is 10.0 Å². The van der Waals surface area contributed by atoms with E-state index >= 15 is 0 Å². The van der Waals surface area contributed by atoms with E-state index in [-0.39, 0.29) is 4.90 Å². The first-order chi connectivity index (χ1) is 8.80. The second kappa shape index (κ2) is 5.11. The van der Waals surface area contributed by atoms with E-state index in [0.717, 1.165) is 19.4 Å². The van der Waals surface area contributed by atoms with Gasteiger partial charge in [0.2, 0.25) is 10.0 Å². The Morgan fingerprint density at radius 1 is 1.26 bits per heavy atom. The summed E-state index contributed by atoms with van der Waals surface area (Å²) in [7, 11) is -3.73. The van der Waals surface area contributed by atoms with Gasteiger partial charge in [-0.25, -0.2) is 13.6 Å². The first-order valence-corrected chi connectivity index (χ1v) is 7.93. The topological polar surface area (TPSA) is 83.6 Å². The van der Waals surface area contributed by atoms with Crippen LogP contribution in [0.25, 0.3) is 0 Å². The van der Waals surface area contributed by atoms with E-state index < -0.39 is 15.6 Å². The highest BCUT2D eigenvalue weighted by atomic mass is 32.2. The van der Waals surface area contributed by atoms with Crippen LogP contribution in [0.1, 0.15) is 26.2 Å². The van der Waals surface area contributed by atoms with Crippen LogP contribution in [-0.4, -0.2) is 32.2 Å². The van der Waals surface area contributed by atoms with Crippen molar-refractivity contribution in [2.45, 2.75) is 36.7 Å². The number of primary sulfonamides is 1. The number of para-hydroxylation sites is 1. The van der Waals surface area contributed by atoms with Gasteiger partial charge in [-0.15, -0.1) is 0 Å². The molecule has 0 radical (unpaired) electrons. The first kappa shape index (κ1) is 14.3. The van der Waals surface area contributed by atoms with Crippen molar-refractivity contribution >= 4 is 15.7 Å². The molecular weight excluding hydrogens is 264 g/mol. The second-order valence-electron chi connectivity index (χ2n) is 5.35. The molecule has 106 valence electrons. The summed E-state index contributed by atoms with van der Waals surface area (Å²) < 4.78 is 23.2. The van der Waals surface area contributed by atoms with Crippen LogP contribution in [0.2, 0.25) is 0 Å². The molecule has 3 N–H and O–H groups in total. The number of sulfonamides is 1. The number of rotatable bonds is 2. The van der Waals surface area contributed by atoms with Crippen LogP contribution in [0.5, 0.6) is 0 Å². The summed E-state index contributed by atoms with van der Waals surface area (Å²) in [4.78, 5) is 2.14. The van der Waals surface area contributed by atoms with Crippen molar-refractivity contribution in [3.05, 3.63) is 24.3 Å². The summed E-state index contributed by atoms with van der Waals surface area (Å²) in [6, 6.07) is 6.75. The molecule has 1 unspecified atom stereocenters. The predicted molar refractivity (Wildman–Crippen MR) is 74.5 cm³/mol. The largest absolute Gasteiger partial charge is 0.390 e. The number of nitrogens with zero attached hydrogens (tertiary/aromatic N) is 1. The normalized spacial score (nSPS) is 25.1. The van der Waals surface area contributed by atoms with Crippen molar-refractivity contribution < 1.29 is 13.5 Å². The third-order valence-corrected chi connectivity index (χ3v) is 4.53. The van der Waals surface area contributed by atoms with Crippen LogP contribution in [0.15, 0.2) is 29.2 Å². The lowest BCUT2D eigenvalue weighted by atomic mass is 9.98. The molecule has 1 aromatic rings. The maximum Gasteiger partial charge on any atom is 0.240 e. The fraction of sp³-hybridized carbons (Fsp3) is 0.538. The van der Waals surface area contributed by atoms with E-state index in [0.29, 0.717) is 18.7 Å². The molecule has 1 saturated heterocycles. The van der Waals surface area contributed by atoms with Crippen LogP contribution in [0.3, 0.4) is 0 Å². The molecule has 0 amide bonds. The van der Waals surface area contributed by atoms with Gasteiger partial charge in [0, 0.05) is 13.1 Å². The van der Waals surface area contributed by atoms with Crippen molar-refractivity contribution in [1.29, 1.82) is 0 Å². The SMILES string of the molecule is CC1(O)CCCN(c2ccccc2S(N)(=O)=O)CC1. The third kappa shape index (κ3) is 3.46. The highest BCUT2D eigenvalue weighted by molar-refractivity contribution is 7.89. The second-order valence-corrected chi connectivity index (χ2v) is 6.88. The maximum absolute atomic E-state index is 11.6. The van der Waals surface area contributed by atoms with E-state index in [1.165, 1.54) is 6.07 Å². The summed E-state index contributed by atoms with van der Waals surface area (Å²) in [5, 5.41) is 15.3. The monoisotopic (exact) mass is 284 g/mol. The standard InChI is InChI=1S/C13H20N2O3S/c1-13(16)7-4-9-15(10-8-13)11-5-2-3-6-12(11)19(14,17)18/h2-3,5-6,16H,4,7-10H2,1H3,(H2,14,17,18). The Hall–Kier alpha value is -1.11. The molecule has 19 heavy (non-hydrogen) atoms. The Morgan fingerprint density at radius 3 is 2.63 bits per heavy atom.